The Balaban J connectivity index is 1.40. The molecule has 1 aromatic heterocycles. The number of amides is 1. The Morgan fingerprint density at radius 3 is 2.55 bits per heavy atom. The van der Waals surface area contributed by atoms with Crippen LogP contribution in [0.5, 0.6) is 0 Å². The number of allylic oxidation sites excluding steroid dienone is 2. The van der Waals surface area contributed by atoms with Crippen molar-refractivity contribution < 1.29 is 32.5 Å². The van der Waals surface area contributed by atoms with Crippen molar-refractivity contribution in [3.63, 3.8) is 0 Å². The number of carbonyl (C=O) groups is 2. The molecule has 9 nitrogen and oxygen atoms in total. The lowest BCUT2D eigenvalue weighted by Gasteiger charge is -2.29. The number of aromatic nitrogens is 1. The van der Waals surface area contributed by atoms with Crippen molar-refractivity contribution in [3.05, 3.63) is 83.1 Å². The quantitative estimate of drug-likeness (QED) is 0.339. The largest absolute Gasteiger partial charge is 0.481 e. The van der Waals surface area contributed by atoms with Crippen LogP contribution in [0.25, 0.3) is 0 Å². The number of amidine groups is 1. The molecule has 3 aliphatic rings. The smallest absolute Gasteiger partial charge is 0.416 e. The second-order valence-corrected chi connectivity index (χ2v) is 10.6. The number of rotatable bonds is 6. The predicted molar refractivity (Wildman–Crippen MR) is 142 cm³/mol. The first-order valence-corrected chi connectivity index (χ1v) is 12.8. The van der Waals surface area contributed by atoms with E-state index in [4.69, 9.17) is 10.8 Å². The van der Waals surface area contributed by atoms with Crippen LogP contribution < -0.4 is 11.2 Å². The van der Waals surface area contributed by atoms with E-state index in [1.807, 2.05) is 13.8 Å². The number of hydrogen-bond acceptors (Lipinski definition) is 6. The zero-order valence-electron chi connectivity index (χ0n) is 21.8. The van der Waals surface area contributed by atoms with E-state index in [9.17, 15) is 27.9 Å². The van der Waals surface area contributed by atoms with Gasteiger partial charge in [-0.1, -0.05) is 13.8 Å². The Bertz CT molecular complexity index is 1500. The van der Waals surface area contributed by atoms with E-state index in [0.717, 1.165) is 18.3 Å². The Kier molecular flexibility index (Phi) is 6.71. The topological polar surface area (TPSA) is 130 Å². The van der Waals surface area contributed by atoms with Crippen LogP contribution >= 0.6 is 0 Å². The molecular weight excluding hydrogens is 525 g/mol. The van der Waals surface area contributed by atoms with Crippen molar-refractivity contribution in [2.75, 3.05) is 5.32 Å². The van der Waals surface area contributed by atoms with Crippen LogP contribution in [0.1, 0.15) is 54.6 Å². The molecule has 2 aliphatic heterocycles. The molecule has 1 unspecified atom stereocenters. The molecule has 1 aliphatic carbocycles. The number of carboxylic acids is 1. The number of fused-ring (bicyclic) bond motifs is 1. The number of aliphatic imine (C=N–C) groups is 2. The van der Waals surface area contributed by atoms with Gasteiger partial charge in [0.05, 0.1) is 29.0 Å². The van der Waals surface area contributed by atoms with E-state index < -0.39 is 29.0 Å². The van der Waals surface area contributed by atoms with Crippen LogP contribution in [-0.2, 0) is 11.0 Å². The number of halogens is 3. The second-order valence-electron chi connectivity index (χ2n) is 10.6. The molecule has 3 atom stereocenters. The van der Waals surface area contributed by atoms with Crippen LogP contribution in [0.2, 0.25) is 0 Å². The van der Waals surface area contributed by atoms with Gasteiger partial charge in [-0.3, -0.25) is 14.6 Å². The SMILES string of the molecule is CC(C)[C@]1(C(=O)O)CC[C@@H](C2=C3C=NC=C[N+]3(N)C(c3ccc(C(=O)Nc4cc(C(F)(F)F)ccn4)cc3)=N2)C1. The van der Waals surface area contributed by atoms with Gasteiger partial charge in [-0.25, -0.2) is 4.98 Å². The molecule has 1 aromatic carbocycles. The number of aliphatic carboxylic acids is 1. The highest BCUT2D eigenvalue weighted by atomic mass is 19.4. The molecule has 5 rings (SSSR count). The molecule has 0 saturated heterocycles. The van der Waals surface area contributed by atoms with Gasteiger partial charge in [0, 0.05) is 17.7 Å². The van der Waals surface area contributed by atoms with Crippen molar-refractivity contribution in [1.82, 2.24) is 4.98 Å². The minimum Gasteiger partial charge on any atom is -0.481 e. The summed E-state index contributed by atoms with van der Waals surface area (Å²) < 4.78 is 38.7. The van der Waals surface area contributed by atoms with E-state index in [0.29, 0.717) is 42.1 Å². The molecule has 3 heterocycles. The normalized spacial score (nSPS) is 25.8. The van der Waals surface area contributed by atoms with Gasteiger partial charge in [0.25, 0.3) is 11.7 Å². The monoisotopic (exact) mass is 553 g/mol. The van der Waals surface area contributed by atoms with E-state index >= 15 is 0 Å². The average Bonchev–Trinajstić information content (AvgIpc) is 3.49. The first-order valence-electron chi connectivity index (χ1n) is 12.8. The fraction of sp³-hybridized carbons (Fsp3) is 0.321. The highest BCUT2D eigenvalue weighted by molar-refractivity contribution is 6.05. The summed E-state index contributed by atoms with van der Waals surface area (Å²) in [5.74, 6) is 5.47. The van der Waals surface area contributed by atoms with Crippen LogP contribution in [0.4, 0.5) is 19.0 Å². The van der Waals surface area contributed by atoms with Gasteiger partial charge in [0.2, 0.25) is 5.70 Å². The number of carboxylic acid groups (broad SMARTS) is 1. The number of alkyl halides is 3. The maximum Gasteiger partial charge on any atom is 0.416 e. The third-order valence-corrected chi connectivity index (χ3v) is 8.02. The summed E-state index contributed by atoms with van der Waals surface area (Å²) in [4.78, 5) is 37.9. The number of nitrogens with two attached hydrogens (primary N) is 1. The minimum absolute atomic E-state index is 0.0488. The van der Waals surface area contributed by atoms with Crippen molar-refractivity contribution >= 4 is 29.7 Å². The van der Waals surface area contributed by atoms with Crippen molar-refractivity contribution in [3.8, 4) is 0 Å². The van der Waals surface area contributed by atoms with Gasteiger partial charge in [0.15, 0.2) is 0 Å². The number of pyridine rings is 1. The summed E-state index contributed by atoms with van der Waals surface area (Å²) in [6, 6.07) is 7.95. The molecule has 0 bridgehead atoms. The summed E-state index contributed by atoms with van der Waals surface area (Å²) in [6.45, 7) is 3.85. The number of nitrogens with zero attached hydrogens (tertiary/aromatic N) is 4. The van der Waals surface area contributed by atoms with E-state index in [-0.39, 0.29) is 27.8 Å². The molecule has 1 amide bonds. The van der Waals surface area contributed by atoms with Crippen molar-refractivity contribution in [2.45, 2.75) is 39.3 Å². The number of anilines is 1. The van der Waals surface area contributed by atoms with Crippen LogP contribution in [0.3, 0.4) is 0 Å². The molecular formula is C28H28F3N6O3+. The fourth-order valence-electron chi connectivity index (χ4n) is 5.62. The molecule has 4 N–H and O–H groups in total. The highest BCUT2D eigenvalue weighted by Crippen LogP contribution is 2.51. The molecule has 0 radical (unpaired) electrons. The second kappa shape index (κ2) is 9.79. The molecule has 12 heteroatoms. The molecule has 40 heavy (non-hydrogen) atoms. The lowest BCUT2D eigenvalue weighted by molar-refractivity contribution is -0.750. The van der Waals surface area contributed by atoms with Gasteiger partial charge in [0.1, 0.15) is 17.7 Å². The lowest BCUT2D eigenvalue weighted by Crippen LogP contribution is -2.53. The fourth-order valence-corrected chi connectivity index (χ4v) is 5.62. The third-order valence-electron chi connectivity index (χ3n) is 8.02. The number of quaternary nitrogens is 1. The molecule has 1 saturated carbocycles. The Labute approximate surface area is 228 Å². The number of carbonyl (C=O) groups excluding carboxylic acids is 1. The summed E-state index contributed by atoms with van der Waals surface area (Å²) in [6.07, 6.45) is 2.94. The zero-order valence-corrected chi connectivity index (χ0v) is 21.8. The van der Waals surface area contributed by atoms with Gasteiger partial charge in [-0.05, 0) is 61.6 Å². The maximum absolute atomic E-state index is 13.0. The molecule has 208 valence electrons. The Morgan fingerprint density at radius 2 is 1.93 bits per heavy atom. The highest BCUT2D eigenvalue weighted by Gasteiger charge is 2.53. The van der Waals surface area contributed by atoms with Crippen LogP contribution in [-0.4, -0.2) is 38.6 Å². The van der Waals surface area contributed by atoms with Gasteiger partial charge < -0.3 is 10.4 Å². The van der Waals surface area contributed by atoms with Crippen molar-refractivity contribution in [2.24, 2.45) is 33.1 Å². The maximum atomic E-state index is 13.0. The van der Waals surface area contributed by atoms with Gasteiger partial charge in [-0.2, -0.15) is 24.0 Å². The van der Waals surface area contributed by atoms with E-state index in [1.54, 1.807) is 30.7 Å². The third kappa shape index (κ3) is 4.62. The van der Waals surface area contributed by atoms with Gasteiger partial charge in [-0.15, -0.1) is 4.59 Å². The van der Waals surface area contributed by atoms with Crippen LogP contribution in [0.15, 0.2) is 76.4 Å². The Hall–Kier alpha value is -4.16. The average molecular weight is 554 g/mol. The predicted octanol–water partition coefficient (Wildman–Crippen LogP) is 5.10. The van der Waals surface area contributed by atoms with Crippen LogP contribution in [0, 0.1) is 17.3 Å². The number of hydrogen-bond donors (Lipinski definition) is 3. The first kappa shape index (κ1) is 27.4. The number of benzene rings is 1. The summed E-state index contributed by atoms with van der Waals surface area (Å²) in [5.41, 5.74) is 0.421. The summed E-state index contributed by atoms with van der Waals surface area (Å²) in [5, 5.41) is 12.4. The number of nitrogens with one attached hydrogen (secondary N) is 1. The lowest BCUT2D eigenvalue weighted by atomic mass is 9.75. The minimum atomic E-state index is -4.56. The molecule has 0 spiro atoms. The van der Waals surface area contributed by atoms with E-state index in [1.165, 1.54) is 12.1 Å². The molecule has 2 aromatic rings. The van der Waals surface area contributed by atoms with Crippen molar-refractivity contribution in [1.29, 1.82) is 0 Å². The first-order chi connectivity index (χ1) is 18.8. The summed E-state index contributed by atoms with van der Waals surface area (Å²) in [7, 11) is 0. The molecule has 1 fully saturated rings. The van der Waals surface area contributed by atoms with Gasteiger partial charge >= 0.3 is 12.1 Å². The van der Waals surface area contributed by atoms with E-state index in [2.05, 4.69) is 15.3 Å². The summed E-state index contributed by atoms with van der Waals surface area (Å²) >= 11 is 0. The zero-order chi connectivity index (χ0) is 28.9. The Morgan fingerprint density at radius 1 is 1.20 bits per heavy atom. The standard InChI is InChI=1S/C28H27F3N6O3/c1-16(2)27(26(39)40)9-7-19(14-27)23-21-15-33-11-12-37(21,32)24(36-23)17-3-5-18(6-4-17)25(38)35-22-13-20(8-10-34-22)28(29,30)31/h3-6,8,10-13,15-16,19H,7,9,14,32H2,1-2H3,(H-,34,35,38,39,40)/p+1/t19-,27+,37?/m1/s1.